The molecule has 3 rings (SSSR count). The van der Waals surface area contributed by atoms with Crippen molar-refractivity contribution in [2.75, 3.05) is 0 Å². The molecule has 1 atom stereocenters. The molecule has 0 saturated heterocycles. The van der Waals surface area contributed by atoms with Gasteiger partial charge in [-0.3, -0.25) is 4.79 Å². The van der Waals surface area contributed by atoms with E-state index >= 15 is 0 Å². The number of ether oxygens (including phenoxy) is 1. The molecule has 0 aliphatic rings. The monoisotopic (exact) mass is 392 g/mol. The molecule has 1 heterocycles. The average molecular weight is 392 g/mol. The van der Waals surface area contributed by atoms with Crippen molar-refractivity contribution in [2.45, 2.75) is 54.2 Å². The Kier molecular flexibility index (Phi) is 6.06. The van der Waals surface area contributed by atoms with Gasteiger partial charge in [0.15, 0.2) is 5.69 Å². The van der Waals surface area contributed by atoms with Crippen LogP contribution in [0.1, 0.15) is 62.6 Å². The highest BCUT2D eigenvalue weighted by molar-refractivity contribution is 5.94. The van der Waals surface area contributed by atoms with Crippen LogP contribution in [0.2, 0.25) is 0 Å². The van der Waals surface area contributed by atoms with Gasteiger partial charge in [0.25, 0.3) is 5.91 Å². The third kappa shape index (κ3) is 4.86. The molecule has 0 bridgehead atoms. The number of nitrogens with one attached hydrogen (secondary N) is 1. The van der Waals surface area contributed by atoms with E-state index in [2.05, 4.69) is 29.5 Å². The van der Waals surface area contributed by atoms with Crippen LogP contribution in [0.5, 0.6) is 5.75 Å². The number of benzene rings is 2. The number of rotatable bonds is 6. The second kappa shape index (κ2) is 8.52. The molecule has 0 radical (unpaired) electrons. The molecule has 1 unspecified atom stereocenters. The van der Waals surface area contributed by atoms with E-state index in [1.54, 1.807) is 6.92 Å². The normalized spacial score (nSPS) is 11.9. The van der Waals surface area contributed by atoms with Crippen LogP contribution in [0, 0.1) is 34.6 Å². The minimum atomic E-state index is -0.270. The maximum atomic E-state index is 12.9. The van der Waals surface area contributed by atoms with Gasteiger partial charge in [-0.15, -0.1) is 0 Å². The highest BCUT2D eigenvalue weighted by Crippen LogP contribution is 2.22. The summed E-state index contributed by atoms with van der Waals surface area (Å²) in [5.74, 6) is 1.07. The summed E-state index contributed by atoms with van der Waals surface area (Å²) in [7, 11) is 0. The van der Waals surface area contributed by atoms with Gasteiger partial charge in [-0.25, -0.2) is 0 Å². The smallest absolute Gasteiger partial charge is 0.274 e. The van der Waals surface area contributed by atoms with Gasteiger partial charge < -0.3 is 14.6 Å². The van der Waals surface area contributed by atoms with Crippen LogP contribution in [-0.4, -0.2) is 11.1 Å². The first-order valence-corrected chi connectivity index (χ1v) is 9.79. The number of nitrogens with zero attached hydrogens (tertiary/aromatic N) is 1. The molecule has 29 heavy (non-hydrogen) atoms. The van der Waals surface area contributed by atoms with Gasteiger partial charge in [0.05, 0.1) is 11.6 Å². The second-order valence-corrected chi connectivity index (χ2v) is 7.73. The van der Waals surface area contributed by atoms with Gasteiger partial charge in [-0.1, -0.05) is 35.0 Å². The Balaban J connectivity index is 1.74. The highest BCUT2D eigenvalue weighted by atomic mass is 16.5. The van der Waals surface area contributed by atoms with E-state index in [0.717, 1.165) is 28.0 Å². The number of hydrogen-bond acceptors (Lipinski definition) is 4. The fraction of sp³-hybridized carbons (Fsp3) is 0.333. The third-order valence-corrected chi connectivity index (χ3v) is 5.02. The van der Waals surface area contributed by atoms with Crippen LogP contribution < -0.4 is 10.1 Å². The second-order valence-electron chi connectivity index (χ2n) is 7.73. The Bertz CT molecular complexity index is 1020. The molecular weight excluding hydrogens is 364 g/mol. The summed E-state index contributed by atoms with van der Waals surface area (Å²) < 4.78 is 11.2. The highest BCUT2D eigenvalue weighted by Gasteiger charge is 2.22. The molecule has 152 valence electrons. The van der Waals surface area contributed by atoms with Crippen LogP contribution in [0.15, 0.2) is 40.9 Å². The predicted octanol–water partition coefficient (Wildman–Crippen LogP) is 5.29. The SMILES string of the molecule is Cc1cc(C)cc(OCc2c(C(=O)NC(C)c3ccc(C)cc3C)noc2C)c1. The Hall–Kier alpha value is -3.08. The van der Waals surface area contributed by atoms with Crippen molar-refractivity contribution in [1.82, 2.24) is 10.5 Å². The summed E-state index contributed by atoms with van der Waals surface area (Å²) in [5, 5.41) is 7.01. The Labute approximate surface area is 172 Å². The lowest BCUT2D eigenvalue weighted by molar-refractivity contribution is 0.0928. The average Bonchev–Trinajstić information content (AvgIpc) is 2.99. The van der Waals surface area contributed by atoms with E-state index in [1.165, 1.54) is 5.56 Å². The van der Waals surface area contributed by atoms with Gasteiger partial charge in [0.1, 0.15) is 18.1 Å². The van der Waals surface area contributed by atoms with Gasteiger partial charge in [-0.05, 0) is 75.9 Å². The molecule has 5 nitrogen and oxygen atoms in total. The topological polar surface area (TPSA) is 64.4 Å². The standard InChI is InChI=1S/C24H28N2O3/c1-14-7-8-21(17(4)10-14)18(5)25-24(27)23-22(19(6)29-26-23)13-28-20-11-15(2)9-16(3)12-20/h7-12,18H,13H2,1-6H3,(H,25,27). The largest absolute Gasteiger partial charge is 0.489 e. The molecule has 0 aliphatic heterocycles. The first kappa shape index (κ1) is 20.6. The Morgan fingerprint density at radius 2 is 1.72 bits per heavy atom. The lowest BCUT2D eigenvalue weighted by atomic mass is 10.00. The number of carbonyl (C=O) groups is 1. The summed E-state index contributed by atoms with van der Waals surface area (Å²) in [6.07, 6.45) is 0. The fourth-order valence-corrected chi connectivity index (χ4v) is 3.57. The van der Waals surface area contributed by atoms with Crippen molar-refractivity contribution >= 4 is 5.91 Å². The maximum absolute atomic E-state index is 12.9. The summed E-state index contributed by atoms with van der Waals surface area (Å²) in [4.78, 5) is 12.9. The quantitative estimate of drug-likeness (QED) is 0.619. The number of aromatic nitrogens is 1. The predicted molar refractivity (Wildman–Crippen MR) is 113 cm³/mol. The van der Waals surface area contributed by atoms with E-state index < -0.39 is 0 Å². The molecule has 3 aromatic rings. The van der Waals surface area contributed by atoms with Crippen molar-refractivity contribution < 1.29 is 14.1 Å². The van der Waals surface area contributed by atoms with E-state index in [1.807, 2.05) is 52.0 Å². The molecule has 5 heteroatoms. The van der Waals surface area contributed by atoms with Crippen LogP contribution in [0.3, 0.4) is 0 Å². The van der Waals surface area contributed by atoms with Gasteiger partial charge >= 0.3 is 0 Å². The molecule has 0 spiro atoms. The molecule has 1 amide bonds. The molecule has 0 aliphatic carbocycles. The minimum Gasteiger partial charge on any atom is -0.489 e. The zero-order valence-electron chi connectivity index (χ0n) is 17.9. The van der Waals surface area contributed by atoms with Crippen molar-refractivity contribution in [3.05, 3.63) is 81.2 Å². The van der Waals surface area contributed by atoms with Gasteiger partial charge in [0, 0.05) is 0 Å². The van der Waals surface area contributed by atoms with Crippen molar-refractivity contribution in [2.24, 2.45) is 0 Å². The summed E-state index contributed by atoms with van der Waals surface area (Å²) in [5.41, 5.74) is 6.61. The number of carbonyl (C=O) groups excluding carboxylic acids is 1. The third-order valence-electron chi connectivity index (χ3n) is 5.02. The number of amides is 1. The molecule has 0 saturated carbocycles. The summed E-state index contributed by atoms with van der Waals surface area (Å²) in [6, 6.07) is 12.1. The van der Waals surface area contributed by atoms with E-state index in [-0.39, 0.29) is 24.2 Å². The van der Waals surface area contributed by atoms with Gasteiger partial charge in [0.2, 0.25) is 0 Å². The number of hydrogen-bond donors (Lipinski definition) is 1. The molecule has 0 fully saturated rings. The number of aryl methyl sites for hydroxylation is 5. The Morgan fingerprint density at radius 3 is 2.38 bits per heavy atom. The molecule has 2 aromatic carbocycles. The minimum absolute atomic E-state index is 0.145. The lowest BCUT2D eigenvalue weighted by Gasteiger charge is -2.17. The summed E-state index contributed by atoms with van der Waals surface area (Å²) >= 11 is 0. The summed E-state index contributed by atoms with van der Waals surface area (Å²) in [6.45, 7) is 12.1. The van der Waals surface area contributed by atoms with E-state index in [9.17, 15) is 4.79 Å². The zero-order valence-corrected chi connectivity index (χ0v) is 17.9. The lowest BCUT2D eigenvalue weighted by Crippen LogP contribution is -2.28. The fourth-order valence-electron chi connectivity index (χ4n) is 3.57. The van der Waals surface area contributed by atoms with E-state index in [4.69, 9.17) is 9.26 Å². The van der Waals surface area contributed by atoms with E-state index in [0.29, 0.717) is 11.3 Å². The van der Waals surface area contributed by atoms with Crippen LogP contribution >= 0.6 is 0 Å². The molecular formula is C24H28N2O3. The maximum Gasteiger partial charge on any atom is 0.274 e. The van der Waals surface area contributed by atoms with Crippen LogP contribution in [0.25, 0.3) is 0 Å². The molecule has 1 N–H and O–H groups in total. The first-order chi connectivity index (χ1) is 13.7. The van der Waals surface area contributed by atoms with Crippen molar-refractivity contribution in [3.63, 3.8) is 0 Å². The van der Waals surface area contributed by atoms with Gasteiger partial charge in [-0.2, -0.15) is 0 Å². The van der Waals surface area contributed by atoms with Crippen LogP contribution in [-0.2, 0) is 6.61 Å². The Morgan fingerprint density at radius 1 is 1.03 bits per heavy atom. The zero-order chi connectivity index (χ0) is 21.1. The van der Waals surface area contributed by atoms with Crippen molar-refractivity contribution in [1.29, 1.82) is 0 Å². The molecule has 1 aromatic heterocycles. The van der Waals surface area contributed by atoms with Crippen LogP contribution in [0.4, 0.5) is 0 Å². The first-order valence-electron chi connectivity index (χ1n) is 9.79. The van der Waals surface area contributed by atoms with Crippen molar-refractivity contribution in [3.8, 4) is 5.75 Å².